The van der Waals surface area contributed by atoms with Gasteiger partial charge in [0, 0.05) is 23.0 Å². The Kier molecular flexibility index (Phi) is 3.64. The number of aliphatic hydroxyl groups is 1. The molecule has 1 aromatic heterocycles. The average Bonchev–Trinajstić information content (AvgIpc) is 2.84. The Morgan fingerprint density at radius 1 is 1.19 bits per heavy atom. The van der Waals surface area contributed by atoms with E-state index in [-0.39, 0.29) is 6.10 Å². The minimum atomic E-state index is -0.356. The van der Waals surface area contributed by atoms with E-state index in [1.165, 1.54) is 5.69 Å². The van der Waals surface area contributed by atoms with Crippen LogP contribution >= 0.6 is 0 Å². The van der Waals surface area contributed by atoms with Gasteiger partial charge < -0.3 is 19.1 Å². The molecule has 1 aliphatic carbocycles. The summed E-state index contributed by atoms with van der Waals surface area (Å²) >= 11 is 0. The zero-order valence-electron chi connectivity index (χ0n) is 12.7. The Bertz CT molecular complexity index is 660. The number of aryl methyl sites for hydroxylation is 1. The smallest absolute Gasteiger partial charge is 0.143 e. The third-order valence-electron chi connectivity index (χ3n) is 4.20. The third kappa shape index (κ3) is 2.29. The predicted octanol–water partition coefficient (Wildman–Crippen LogP) is 3.17. The van der Waals surface area contributed by atoms with Gasteiger partial charge in [-0.1, -0.05) is 0 Å². The lowest BCUT2D eigenvalue weighted by Gasteiger charge is -2.21. The SMILES string of the molecule is COc1ccc(OC)c(-n2c(C)cc3c2CCCC3O)c1. The summed E-state index contributed by atoms with van der Waals surface area (Å²) in [7, 11) is 3.33. The van der Waals surface area contributed by atoms with Gasteiger partial charge in [-0.25, -0.2) is 0 Å². The minimum Gasteiger partial charge on any atom is -0.497 e. The van der Waals surface area contributed by atoms with Gasteiger partial charge >= 0.3 is 0 Å². The van der Waals surface area contributed by atoms with Gasteiger partial charge in [-0.3, -0.25) is 0 Å². The van der Waals surface area contributed by atoms with Crippen molar-refractivity contribution in [1.29, 1.82) is 0 Å². The van der Waals surface area contributed by atoms with Crippen LogP contribution in [0.4, 0.5) is 0 Å². The zero-order chi connectivity index (χ0) is 15.0. The topological polar surface area (TPSA) is 43.6 Å². The normalized spacial score (nSPS) is 17.4. The summed E-state index contributed by atoms with van der Waals surface area (Å²) in [6.45, 7) is 2.06. The average molecular weight is 287 g/mol. The fraction of sp³-hybridized carbons (Fsp3) is 0.412. The molecule has 1 heterocycles. The fourth-order valence-corrected chi connectivity index (χ4v) is 3.18. The van der Waals surface area contributed by atoms with E-state index in [1.807, 2.05) is 18.2 Å². The van der Waals surface area contributed by atoms with Crippen molar-refractivity contribution in [3.8, 4) is 17.2 Å². The molecular formula is C17H21NO3. The largest absolute Gasteiger partial charge is 0.497 e. The molecule has 0 aliphatic heterocycles. The molecule has 4 heteroatoms. The van der Waals surface area contributed by atoms with Crippen LogP contribution in [0.15, 0.2) is 24.3 Å². The summed E-state index contributed by atoms with van der Waals surface area (Å²) in [4.78, 5) is 0. The number of rotatable bonds is 3. The van der Waals surface area contributed by atoms with Gasteiger partial charge in [-0.15, -0.1) is 0 Å². The van der Waals surface area contributed by atoms with Gasteiger partial charge in [0.25, 0.3) is 0 Å². The summed E-state index contributed by atoms with van der Waals surface area (Å²) in [5, 5.41) is 10.2. The van der Waals surface area contributed by atoms with Crippen LogP contribution in [-0.4, -0.2) is 23.9 Å². The molecule has 4 nitrogen and oxygen atoms in total. The van der Waals surface area contributed by atoms with E-state index in [1.54, 1.807) is 14.2 Å². The number of fused-ring (bicyclic) bond motifs is 1. The highest BCUT2D eigenvalue weighted by molar-refractivity contribution is 5.55. The Hall–Kier alpha value is -1.94. The number of aliphatic hydroxyl groups excluding tert-OH is 1. The molecule has 0 bridgehead atoms. The van der Waals surface area contributed by atoms with E-state index in [0.717, 1.165) is 47.7 Å². The first-order chi connectivity index (χ1) is 10.2. The van der Waals surface area contributed by atoms with Gasteiger partial charge in [0.15, 0.2) is 0 Å². The molecule has 1 unspecified atom stereocenters. The summed E-state index contributed by atoms with van der Waals surface area (Å²) < 4.78 is 13.0. The van der Waals surface area contributed by atoms with Crippen molar-refractivity contribution in [3.05, 3.63) is 41.2 Å². The van der Waals surface area contributed by atoms with E-state index in [0.29, 0.717) is 0 Å². The van der Waals surface area contributed by atoms with Crippen LogP contribution in [0, 0.1) is 6.92 Å². The second-order valence-corrected chi connectivity index (χ2v) is 5.47. The number of nitrogens with zero attached hydrogens (tertiary/aromatic N) is 1. The maximum Gasteiger partial charge on any atom is 0.143 e. The maximum absolute atomic E-state index is 10.2. The van der Waals surface area contributed by atoms with E-state index >= 15 is 0 Å². The van der Waals surface area contributed by atoms with E-state index < -0.39 is 0 Å². The van der Waals surface area contributed by atoms with E-state index in [9.17, 15) is 5.11 Å². The molecule has 2 aromatic rings. The van der Waals surface area contributed by atoms with Crippen molar-refractivity contribution in [1.82, 2.24) is 4.57 Å². The number of benzene rings is 1. The van der Waals surface area contributed by atoms with Crippen LogP contribution in [0.2, 0.25) is 0 Å². The Morgan fingerprint density at radius 2 is 2.00 bits per heavy atom. The molecule has 1 aliphatic rings. The molecule has 21 heavy (non-hydrogen) atoms. The van der Waals surface area contributed by atoms with E-state index in [2.05, 4.69) is 17.6 Å². The minimum absolute atomic E-state index is 0.356. The number of hydrogen-bond acceptors (Lipinski definition) is 3. The van der Waals surface area contributed by atoms with Gasteiger partial charge in [0.2, 0.25) is 0 Å². The lowest BCUT2D eigenvalue weighted by Crippen LogP contribution is -2.12. The molecule has 0 saturated carbocycles. The lowest BCUT2D eigenvalue weighted by atomic mass is 9.95. The molecular weight excluding hydrogens is 266 g/mol. The first kappa shape index (κ1) is 14.0. The van der Waals surface area contributed by atoms with Crippen LogP contribution in [-0.2, 0) is 6.42 Å². The molecule has 0 spiro atoms. The van der Waals surface area contributed by atoms with Gasteiger partial charge in [-0.2, -0.15) is 0 Å². The summed E-state index contributed by atoms with van der Waals surface area (Å²) in [6, 6.07) is 7.87. The molecule has 1 aromatic carbocycles. The molecule has 112 valence electrons. The molecule has 3 rings (SSSR count). The van der Waals surface area contributed by atoms with Gasteiger partial charge in [-0.05, 0) is 44.4 Å². The Balaban J connectivity index is 2.21. The third-order valence-corrected chi connectivity index (χ3v) is 4.20. The molecule has 1 atom stereocenters. The van der Waals surface area contributed by atoms with Crippen molar-refractivity contribution in [2.24, 2.45) is 0 Å². The molecule has 0 saturated heterocycles. The Labute approximate surface area is 124 Å². The van der Waals surface area contributed by atoms with Crippen LogP contribution in [0.3, 0.4) is 0 Å². The number of ether oxygens (including phenoxy) is 2. The van der Waals surface area contributed by atoms with Crippen molar-refractivity contribution in [2.75, 3.05) is 14.2 Å². The highest BCUT2D eigenvalue weighted by atomic mass is 16.5. The first-order valence-corrected chi connectivity index (χ1v) is 7.27. The molecule has 0 amide bonds. The maximum atomic E-state index is 10.2. The van der Waals surface area contributed by atoms with Crippen molar-refractivity contribution in [2.45, 2.75) is 32.3 Å². The number of methoxy groups -OCH3 is 2. The lowest BCUT2D eigenvalue weighted by molar-refractivity contribution is 0.156. The number of hydrogen-bond donors (Lipinski definition) is 1. The quantitative estimate of drug-likeness (QED) is 0.943. The zero-order valence-corrected chi connectivity index (χ0v) is 12.7. The predicted molar refractivity (Wildman–Crippen MR) is 81.5 cm³/mol. The Morgan fingerprint density at radius 3 is 2.71 bits per heavy atom. The van der Waals surface area contributed by atoms with Crippen molar-refractivity contribution >= 4 is 0 Å². The second kappa shape index (κ2) is 5.45. The van der Waals surface area contributed by atoms with Crippen LogP contribution in [0.25, 0.3) is 5.69 Å². The molecule has 1 N–H and O–H groups in total. The van der Waals surface area contributed by atoms with Crippen LogP contribution < -0.4 is 9.47 Å². The summed E-state index contributed by atoms with van der Waals surface area (Å²) in [5.41, 5.74) is 4.29. The van der Waals surface area contributed by atoms with Crippen molar-refractivity contribution < 1.29 is 14.6 Å². The van der Waals surface area contributed by atoms with Gasteiger partial charge in [0.1, 0.15) is 11.5 Å². The summed E-state index contributed by atoms with van der Waals surface area (Å²) in [6.07, 6.45) is 2.46. The monoisotopic (exact) mass is 287 g/mol. The molecule has 0 fully saturated rings. The van der Waals surface area contributed by atoms with Crippen LogP contribution in [0.5, 0.6) is 11.5 Å². The first-order valence-electron chi connectivity index (χ1n) is 7.27. The van der Waals surface area contributed by atoms with Crippen molar-refractivity contribution in [3.63, 3.8) is 0 Å². The van der Waals surface area contributed by atoms with E-state index in [4.69, 9.17) is 9.47 Å². The standard InChI is InChI=1S/C17H21NO3/c1-11-9-13-14(5-4-6-16(13)19)18(11)15-10-12(20-2)7-8-17(15)21-3/h7-10,16,19H,4-6H2,1-3H3. The highest BCUT2D eigenvalue weighted by Gasteiger charge is 2.25. The van der Waals surface area contributed by atoms with Crippen LogP contribution in [0.1, 0.15) is 35.9 Å². The summed E-state index contributed by atoms with van der Waals surface area (Å²) in [5.74, 6) is 1.60. The van der Waals surface area contributed by atoms with Gasteiger partial charge in [0.05, 0.1) is 26.0 Å². The molecule has 0 radical (unpaired) electrons. The fourth-order valence-electron chi connectivity index (χ4n) is 3.18. The second-order valence-electron chi connectivity index (χ2n) is 5.47. The highest BCUT2D eigenvalue weighted by Crippen LogP contribution is 2.37. The number of aromatic nitrogens is 1.